The standard InChI is InChI=1S/C18H36N4S5/c1-5-9-13-21(14-10-6-2)26-24-17-19-18(23-20-17)25-27-22(15-11-7-3)16-12-8-4/h5-16H2,1-4H3. The molecule has 0 bridgehead atoms. The molecule has 1 aromatic rings. The van der Waals surface area contributed by atoms with E-state index in [1.54, 1.807) is 21.6 Å². The highest BCUT2D eigenvalue weighted by Crippen LogP contribution is 2.39. The largest absolute Gasteiger partial charge is 0.241 e. The minimum absolute atomic E-state index is 0.903. The third-order valence-electron chi connectivity index (χ3n) is 3.86. The van der Waals surface area contributed by atoms with Gasteiger partial charge in [0.25, 0.3) is 0 Å². The Bertz CT molecular complexity index is 406. The van der Waals surface area contributed by atoms with Crippen LogP contribution in [0.25, 0.3) is 0 Å². The van der Waals surface area contributed by atoms with Gasteiger partial charge in [0.2, 0.25) is 5.16 Å². The van der Waals surface area contributed by atoms with Gasteiger partial charge in [-0.2, -0.15) is 4.37 Å². The van der Waals surface area contributed by atoms with Crippen molar-refractivity contribution in [2.75, 3.05) is 26.2 Å². The zero-order chi connectivity index (χ0) is 19.7. The van der Waals surface area contributed by atoms with Crippen LogP contribution in [0.3, 0.4) is 0 Å². The first-order valence-corrected chi connectivity index (χ1v) is 15.2. The lowest BCUT2D eigenvalue weighted by Crippen LogP contribution is -2.17. The monoisotopic (exact) mass is 468 g/mol. The Labute approximate surface area is 187 Å². The van der Waals surface area contributed by atoms with E-state index in [-0.39, 0.29) is 0 Å². The molecule has 27 heavy (non-hydrogen) atoms. The maximum Gasteiger partial charge on any atom is 0.213 e. The van der Waals surface area contributed by atoms with Gasteiger partial charge in [-0.3, -0.25) is 0 Å². The molecule has 1 aromatic heterocycles. The number of aromatic nitrogens is 2. The molecule has 0 amide bonds. The lowest BCUT2D eigenvalue weighted by Gasteiger charge is -2.19. The summed E-state index contributed by atoms with van der Waals surface area (Å²) in [5.74, 6) is 0. The summed E-state index contributed by atoms with van der Waals surface area (Å²) in [6.45, 7) is 13.6. The fraction of sp³-hybridized carbons (Fsp3) is 0.889. The van der Waals surface area contributed by atoms with Crippen molar-refractivity contribution in [3.05, 3.63) is 0 Å². The summed E-state index contributed by atoms with van der Waals surface area (Å²) in [6, 6.07) is 0. The third-order valence-corrected chi connectivity index (χ3v) is 9.78. The van der Waals surface area contributed by atoms with Crippen molar-refractivity contribution in [2.45, 2.75) is 88.6 Å². The first-order chi connectivity index (χ1) is 13.2. The quantitative estimate of drug-likeness (QED) is 0.160. The molecule has 0 fully saturated rings. The van der Waals surface area contributed by atoms with Crippen LogP contribution in [-0.4, -0.2) is 44.1 Å². The van der Waals surface area contributed by atoms with Crippen molar-refractivity contribution in [2.24, 2.45) is 0 Å². The predicted molar refractivity (Wildman–Crippen MR) is 130 cm³/mol. The van der Waals surface area contributed by atoms with Crippen LogP contribution in [0.15, 0.2) is 9.50 Å². The zero-order valence-corrected chi connectivity index (χ0v) is 21.4. The van der Waals surface area contributed by atoms with E-state index in [1.807, 2.05) is 22.0 Å². The molecule has 0 aliphatic carbocycles. The molecule has 0 aliphatic rings. The van der Waals surface area contributed by atoms with Crippen LogP contribution in [0.4, 0.5) is 0 Å². The highest BCUT2D eigenvalue weighted by atomic mass is 33.1. The first-order valence-electron chi connectivity index (χ1n) is 10.3. The number of hydrogen-bond donors (Lipinski definition) is 0. The normalized spacial score (nSPS) is 11.8. The fourth-order valence-corrected chi connectivity index (χ4v) is 7.42. The van der Waals surface area contributed by atoms with Crippen LogP contribution in [-0.2, 0) is 0 Å². The van der Waals surface area contributed by atoms with Gasteiger partial charge in [0.1, 0.15) is 0 Å². The molecule has 0 spiro atoms. The minimum Gasteiger partial charge on any atom is -0.241 e. The van der Waals surface area contributed by atoms with Gasteiger partial charge in [-0.15, -0.1) is 0 Å². The van der Waals surface area contributed by atoms with Crippen LogP contribution in [0.2, 0.25) is 0 Å². The van der Waals surface area contributed by atoms with Crippen molar-refractivity contribution >= 4 is 55.1 Å². The highest BCUT2D eigenvalue weighted by molar-refractivity contribution is 8.76. The molecule has 0 saturated heterocycles. The summed E-state index contributed by atoms with van der Waals surface area (Å²) in [5, 5.41) is 0.903. The van der Waals surface area contributed by atoms with Gasteiger partial charge >= 0.3 is 0 Å². The van der Waals surface area contributed by atoms with E-state index < -0.39 is 0 Å². The highest BCUT2D eigenvalue weighted by Gasteiger charge is 2.12. The van der Waals surface area contributed by atoms with Gasteiger partial charge in [-0.05, 0) is 70.0 Å². The van der Waals surface area contributed by atoms with Gasteiger partial charge < -0.3 is 0 Å². The van der Waals surface area contributed by atoms with Crippen LogP contribution in [0.1, 0.15) is 79.1 Å². The molecular weight excluding hydrogens is 433 g/mol. The first kappa shape index (κ1) is 25.9. The molecule has 0 aliphatic heterocycles. The summed E-state index contributed by atoms with van der Waals surface area (Å²) in [7, 11) is 7.14. The van der Waals surface area contributed by atoms with E-state index in [9.17, 15) is 0 Å². The molecular formula is C18H36N4S5. The molecule has 4 nitrogen and oxygen atoms in total. The van der Waals surface area contributed by atoms with E-state index in [2.05, 4.69) is 40.7 Å². The van der Waals surface area contributed by atoms with Gasteiger partial charge in [0.05, 0.1) is 0 Å². The molecule has 1 heterocycles. The Morgan fingerprint density at radius 1 is 0.704 bits per heavy atom. The summed E-state index contributed by atoms with van der Waals surface area (Å²) in [4.78, 5) is 4.71. The van der Waals surface area contributed by atoms with Crippen LogP contribution in [0, 0.1) is 0 Å². The predicted octanol–water partition coefficient (Wildman–Crippen LogP) is 7.65. The fourth-order valence-electron chi connectivity index (χ4n) is 2.15. The third kappa shape index (κ3) is 12.9. The van der Waals surface area contributed by atoms with Crippen LogP contribution < -0.4 is 0 Å². The molecule has 9 heteroatoms. The number of rotatable bonds is 18. The van der Waals surface area contributed by atoms with Crippen molar-refractivity contribution in [1.29, 1.82) is 0 Å². The Hall–Kier alpha value is 0.880. The maximum absolute atomic E-state index is 4.71. The number of nitrogens with zero attached hydrogens (tertiary/aromatic N) is 4. The number of hydrogen-bond acceptors (Lipinski definition) is 9. The van der Waals surface area contributed by atoms with E-state index in [1.165, 1.54) is 62.9 Å². The summed E-state index contributed by atoms with van der Waals surface area (Å²) in [5.41, 5.74) is 0. The summed E-state index contributed by atoms with van der Waals surface area (Å²) < 4.78 is 10.6. The molecule has 0 atom stereocenters. The van der Waals surface area contributed by atoms with Crippen molar-refractivity contribution < 1.29 is 0 Å². The molecule has 158 valence electrons. The Morgan fingerprint density at radius 2 is 1.15 bits per heavy atom. The van der Waals surface area contributed by atoms with Gasteiger partial charge in [0, 0.05) is 37.0 Å². The molecule has 1 rings (SSSR count). The van der Waals surface area contributed by atoms with Crippen molar-refractivity contribution in [3.8, 4) is 0 Å². The van der Waals surface area contributed by atoms with E-state index in [4.69, 9.17) is 4.98 Å². The lowest BCUT2D eigenvalue weighted by atomic mass is 10.3. The second kappa shape index (κ2) is 17.7. The van der Waals surface area contributed by atoms with E-state index >= 15 is 0 Å². The molecule has 0 radical (unpaired) electrons. The second-order valence-corrected chi connectivity index (χ2v) is 11.8. The van der Waals surface area contributed by atoms with Gasteiger partial charge in [-0.1, -0.05) is 53.4 Å². The smallest absolute Gasteiger partial charge is 0.213 e. The van der Waals surface area contributed by atoms with Crippen molar-refractivity contribution in [1.82, 2.24) is 18.0 Å². The zero-order valence-electron chi connectivity index (χ0n) is 17.3. The van der Waals surface area contributed by atoms with E-state index in [0.717, 1.165) is 35.7 Å². The lowest BCUT2D eigenvalue weighted by molar-refractivity contribution is 0.448. The molecule has 0 aromatic carbocycles. The van der Waals surface area contributed by atoms with E-state index in [0.29, 0.717) is 0 Å². The minimum atomic E-state index is 0.903. The Morgan fingerprint density at radius 3 is 1.59 bits per heavy atom. The van der Waals surface area contributed by atoms with Gasteiger partial charge in [0.15, 0.2) is 4.34 Å². The molecule has 0 N–H and O–H groups in total. The Kier molecular flexibility index (Phi) is 17.0. The van der Waals surface area contributed by atoms with Crippen LogP contribution in [0.5, 0.6) is 0 Å². The molecule has 0 saturated carbocycles. The number of unbranched alkanes of at least 4 members (excludes halogenated alkanes) is 4. The SMILES string of the molecule is CCCCN(CCCC)SSc1nsc(SSN(CCCC)CCCC)n1. The maximum atomic E-state index is 4.71. The average molecular weight is 469 g/mol. The van der Waals surface area contributed by atoms with Crippen LogP contribution >= 0.6 is 55.1 Å². The van der Waals surface area contributed by atoms with Gasteiger partial charge in [-0.25, -0.2) is 13.6 Å². The Balaban J connectivity index is 2.41. The van der Waals surface area contributed by atoms with Crippen molar-refractivity contribution in [3.63, 3.8) is 0 Å². The summed E-state index contributed by atoms with van der Waals surface area (Å²) in [6.07, 6.45) is 10.0. The summed E-state index contributed by atoms with van der Waals surface area (Å²) >= 11 is 1.53. The molecule has 0 unspecified atom stereocenters. The second-order valence-electron chi connectivity index (χ2n) is 6.43. The topological polar surface area (TPSA) is 32.3 Å². The average Bonchev–Trinajstić information content (AvgIpc) is 3.14.